The second kappa shape index (κ2) is 8.96. The molecule has 0 aliphatic rings. The quantitative estimate of drug-likeness (QED) is 0.594. The number of carbonyl (C=O) groups excluding carboxylic acids is 3. The van der Waals surface area contributed by atoms with Crippen molar-refractivity contribution in [2.75, 3.05) is 17.2 Å². The smallest absolute Gasteiger partial charge is 0.315 e. The molecule has 0 saturated carbocycles. The van der Waals surface area contributed by atoms with Gasteiger partial charge in [-0.05, 0) is 43.3 Å². The fraction of sp³-hybridized carbons (Fsp3) is 0.167. The fourth-order valence-corrected chi connectivity index (χ4v) is 2.24. The Hall–Kier alpha value is -2.93. The average molecular weight is 379 g/mol. The van der Waals surface area contributed by atoms with Gasteiger partial charge in [0.1, 0.15) is 12.2 Å². The number of amides is 2. The monoisotopic (exact) mass is 378 g/mol. The number of benzene rings is 2. The highest BCUT2D eigenvalue weighted by Gasteiger charge is 2.12. The van der Waals surface area contributed by atoms with Gasteiger partial charge in [-0.15, -0.1) is 0 Å². The minimum absolute atomic E-state index is 0.109. The SMILES string of the molecule is CCOC(=O)CC(=O)Nc1cccc(C(=O)Nc2ccc(F)c(Cl)c2)c1. The Morgan fingerprint density at radius 1 is 1.08 bits per heavy atom. The van der Waals surface area contributed by atoms with Gasteiger partial charge in [0.2, 0.25) is 5.91 Å². The van der Waals surface area contributed by atoms with E-state index in [2.05, 4.69) is 10.6 Å². The molecule has 0 atom stereocenters. The largest absolute Gasteiger partial charge is 0.466 e. The lowest BCUT2D eigenvalue weighted by molar-refractivity contribution is -0.145. The van der Waals surface area contributed by atoms with Crippen LogP contribution in [0.2, 0.25) is 5.02 Å². The van der Waals surface area contributed by atoms with E-state index in [9.17, 15) is 18.8 Å². The summed E-state index contributed by atoms with van der Waals surface area (Å²) in [7, 11) is 0. The van der Waals surface area contributed by atoms with Crippen LogP contribution in [0.15, 0.2) is 42.5 Å². The summed E-state index contributed by atoms with van der Waals surface area (Å²) in [5.41, 5.74) is 0.946. The van der Waals surface area contributed by atoms with E-state index < -0.39 is 30.0 Å². The second-order valence-corrected chi connectivity index (χ2v) is 5.60. The minimum atomic E-state index is -0.632. The van der Waals surface area contributed by atoms with Crippen molar-refractivity contribution in [1.82, 2.24) is 0 Å². The Bertz CT molecular complexity index is 842. The standard InChI is InChI=1S/C18H16ClFN2O4/c1-2-26-17(24)10-16(23)21-12-5-3-4-11(8-12)18(25)22-13-6-7-15(20)14(19)9-13/h3-9H,2,10H2,1H3,(H,21,23)(H,22,25). The summed E-state index contributed by atoms with van der Waals surface area (Å²) in [5.74, 6) is -2.23. The van der Waals surface area contributed by atoms with Gasteiger partial charge in [0.15, 0.2) is 0 Å². The Balaban J connectivity index is 2.03. The Morgan fingerprint density at radius 3 is 2.50 bits per heavy atom. The van der Waals surface area contributed by atoms with Crippen molar-refractivity contribution < 1.29 is 23.5 Å². The van der Waals surface area contributed by atoms with Gasteiger partial charge in [0, 0.05) is 16.9 Å². The number of anilines is 2. The molecule has 0 aliphatic carbocycles. The number of halogens is 2. The first-order chi connectivity index (χ1) is 12.4. The van der Waals surface area contributed by atoms with Crippen molar-refractivity contribution in [3.05, 3.63) is 58.9 Å². The summed E-state index contributed by atoms with van der Waals surface area (Å²) < 4.78 is 17.8. The molecule has 0 radical (unpaired) electrons. The molecule has 26 heavy (non-hydrogen) atoms. The molecule has 0 heterocycles. The first-order valence-electron chi connectivity index (χ1n) is 7.71. The van der Waals surface area contributed by atoms with E-state index in [1.807, 2.05) is 0 Å². The predicted octanol–water partition coefficient (Wildman–Crippen LogP) is 3.62. The number of esters is 1. The molecule has 0 spiro atoms. The van der Waals surface area contributed by atoms with Crippen LogP contribution >= 0.6 is 11.6 Å². The van der Waals surface area contributed by atoms with Gasteiger partial charge in [0.25, 0.3) is 5.91 Å². The van der Waals surface area contributed by atoms with Crippen LogP contribution in [0, 0.1) is 5.82 Å². The van der Waals surface area contributed by atoms with Crippen molar-refractivity contribution in [1.29, 1.82) is 0 Å². The molecule has 0 saturated heterocycles. The van der Waals surface area contributed by atoms with Crippen LogP contribution in [-0.4, -0.2) is 24.4 Å². The summed E-state index contributed by atoms with van der Waals surface area (Å²) in [6.45, 7) is 1.83. The normalized spacial score (nSPS) is 10.1. The summed E-state index contributed by atoms with van der Waals surface area (Å²) in [5, 5.41) is 4.99. The van der Waals surface area contributed by atoms with Crippen molar-refractivity contribution in [2.24, 2.45) is 0 Å². The third-order valence-electron chi connectivity index (χ3n) is 3.20. The first kappa shape index (κ1) is 19.4. The highest BCUT2D eigenvalue weighted by molar-refractivity contribution is 6.31. The topological polar surface area (TPSA) is 84.5 Å². The van der Waals surface area contributed by atoms with Gasteiger partial charge in [-0.25, -0.2) is 4.39 Å². The van der Waals surface area contributed by atoms with E-state index in [1.54, 1.807) is 25.1 Å². The van der Waals surface area contributed by atoms with Crippen molar-refractivity contribution >= 4 is 40.8 Å². The fourth-order valence-electron chi connectivity index (χ4n) is 2.06. The maximum atomic E-state index is 13.2. The third kappa shape index (κ3) is 5.56. The predicted molar refractivity (Wildman–Crippen MR) is 95.7 cm³/mol. The van der Waals surface area contributed by atoms with Gasteiger partial charge in [-0.2, -0.15) is 0 Å². The lowest BCUT2D eigenvalue weighted by atomic mass is 10.1. The summed E-state index contributed by atoms with van der Waals surface area (Å²) in [6.07, 6.45) is -0.418. The number of carbonyl (C=O) groups is 3. The number of hydrogen-bond acceptors (Lipinski definition) is 4. The van der Waals surface area contributed by atoms with Crippen LogP contribution < -0.4 is 10.6 Å². The highest BCUT2D eigenvalue weighted by atomic mass is 35.5. The number of rotatable bonds is 6. The van der Waals surface area contributed by atoms with Gasteiger partial charge >= 0.3 is 5.97 Å². The van der Waals surface area contributed by atoms with E-state index in [-0.39, 0.29) is 17.2 Å². The van der Waals surface area contributed by atoms with Crippen LogP contribution in [0.1, 0.15) is 23.7 Å². The highest BCUT2D eigenvalue weighted by Crippen LogP contribution is 2.20. The van der Waals surface area contributed by atoms with Gasteiger partial charge in [0.05, 0.1) is 11.6 Å². The molecule has 2 aromatic rings. The molecule has 0 fully saturated rings. The Labute approximate surface area is 154 Å². The summed E-state index contributed by atoms with van der Waals surface area (Å²) >= 11 is 5.68. The van der Waals surface area contributed by atoms with Crippen LogP contribution in [0.3, 0.4) is 0 Å². The number of nitrogens with one attached hydrogen (secondary N) is 2. The molecule has 2 N–H and O–H groups in total. The van der Waals surface area contributed by atoms with E-state index in [4.69, 9.17) is 16.3 Å². The minimum Gasteiger partial charge on any atom is -0.466 e. The van der Waals surface area contributed by atoms with E-state index >= 15 is 0 Å². The zero-order valence-corrected chi connectivity index (χ0v) is 14.6. The van der Waals surface area contributed by atoms with Crippen molar-refractivity contribution in [3.63, 3.8) is 0 Å². The molecule has 0 aromatic heterocycles. The van der Waals surface area contributed by atoms with E-state index in [0.717, 1.165) is 6.07 Å². The number of hydrogen-bond donors (Lipinski definition) is 2. The van der Waals surface area contributed by atoms with Crippen LogP contribution in [0.4, 0.5) is 15.8 Å². The van der Waals surface area contributed by atoms with E-state index in [1.165, 1.54) is 18.2 Å². The van der Waals surface area contributed by atoms with Crippen LogP contribution in [-0.2, 0) is 14.3 Å². The first-order valence-corrected chi connectivity index (χ1v) is 8.08. The number of ether oxygens (including phenoxy) is 1. The molecule has 2 aromatic carbocycles. The zero-order valence-electron chi connectivity index (χ0n) is 13.8. The molecule has 0 bridgehead atoms. The molecule has 0 aliphatic heterocycles. The summed E-state index contributed by atoms with van der Waals surface area (Å²) in [4.78, 5) is 35.3. The molecule has 2 amide bonds. The van der Waals surface area contributed by atoms with E-state index in [0.29, 0.717) is 11.4 Å². The van der Waals surface area contributed by atoms with Crippen LogP contribution in [0.5, 0.6) is 0 Å². The Morgan fingerprint density at radius 2 is 1.81 bits per heavy atom. The average Bonchev–Trinajstić information content (AvgIpc) is 2.58. The molecular formula is C18H16ClFN2O4. The molecule has 0 unspecified atom stereocenters. The second-order valence-electron chi connectivity index (χ2n) is 5.19. The molecule has 2 rings (SSSR count). The lowest BCUT2D eigenvalue weighted by Gasteiger charge is -2.09. The maximum Gasteiger partial charge on any atom is 0.315 e. The summed E-state index contributed by atoms with van der Waals surface area (Å²) in [6, 6.07) is 9.96. The molecule has 6 nitrogen and oxygen atoms in total. The van der Waals surface area contributed by atoms with Crippen molar-refractivity contribution in [3.8, 4) is 0 Å². The molecule has 136 valence electrons. The zero-order chi connectivity index (χ0) is 19.1. The molecular weight excluding hydrogens is 363 g/mol. The van der Waals surface area contributed by atoms with Gasteiger partial charge in [-0.1, -0.05) is 17.7 Å². The van der Waals surface area contributed by atoms with Gasteiger partial charge in [-0.3, -0.25) is 14.4 Å². The van der Waals surface area contributed by atoms with Crippen LogP contribution in [0.25, 0.3) is 0 Å². The Kier molecular flexibility index (Phi) is 6.68. The maximum absolute atomic E-state index is 13.2. The third-order valence-corrected chi connectivity index (χ3v) is 3.49. The lowest BCUT2D eigenvalue weighted by Crippen LogP contribution is -2.18. The molecule has 8 heteroatoms. The van der Waals surface area contributed by atoms with Gasteiger partial charge < -0.3 is 15.4 Å². The van der Waals surface area contributed by atoms with Crippen molar-refractivity contribution in [2.45, 2.75) is 13.3 Å².